The van der Waals surface area contributed by atoms with Crippen LogP contribution >= 0.6 is 0 Å². The number of hydrogen-bond acceptors (Lipinski definition) is 3. The summed E-state index contributed by atoms with van der Waals surface area (Å²) in [6, 6.07) is 7.76. The van der Waals surface area contributed by atoms with Crippen molar-refractivity contribution in [2.75, 3.05) is 0 Å². The molecule has 0 aliphatic heterocycles. The number of nitrogens with one attached hydrogen (secondary N) is 1. The van der Waals surface area contributed by atoms with Gasteiger partial charge in [0.25, 0.3) is 5.91 Å². The van der Waals surface area contributed by atoms with Gasteiger partial charge < -0.3 is 5.32 Å². The molecule has 4 nitrogen and oxygen atoms in total. The Hall–Kier alpha value is -1.89. The highest BCUT2D eigenvalue weighted by Gasteiger charge is 2.22. The zero-order chi connectivity index (χ0) is 12.1. The molecule has 0 radical (unpaired) electrons. The number of amides is 1. The maximum atomic E-state index is 11.8. The van der Waals surface area contributed by atoms with Gasteiger partial charge in [0.1, 0.15) is 5.69 Å². The molecule has 17 heavy (non-hydrogen) atoms. The number of aromatic nitrogens is 1. The number of nitriles is 1. The van der Waals surface area contributed by atoms with E-state index < -0.39 is 0 Å². The molecule has 0 unspecified atom stereocenters. The first-order valence-corrected chi connectivity index (χ1v) is 5.91. The molecule has 1 N–H and O–H groups in total. The van der Waals surface area contributed by atoms with Gasteiger partial charge in [-0.1, -0.05) is 6.07 Å². The Morgan fingerprint density at radius 3 is 2.71 bits per heavy atom. The van der Waals surface area contributed by atoms with Crippen LogP contribution in [0.2, 0.25) is 0 Å². The van der Waals surface area contributed by atoms with Crippen LogP contribution < -0.4 is 5.32 Å². The Morgan fingerprint density at radius 1 is 1.35 bits per heavy atom. The molecule has 4 heteroatoms. The first-order chi connectivity index (χ1) is 8.29. The number of nitrogens with zero attached hydrogens (tertiary/aromatic N) is 2. The van der Waals surface area contributed by atoms with E-state index in [1.807, 2.05) is 0 Å². The molecule has 1 aliphatic carbocycles. The summed E-state index contributed by atoms with van der Waals surface area (Å²) in [6.07, 6.45) is 5.14. The van der Waals surface area contributed by atoms with E-state index in [-0.39, 0.29) is 17.9 Å². The van der Waals surface area contributed by atoms with E-state index in [2.05, 4.69) is 16.4 Å². The van der Waals surface area contributed by atoms with Gasteiger partial charge in [0.15, 0.2) is 0 Å². The molecule has 0 atom stereocenters. The van der Waals surface area contributed by atoms with Gasteiger partial charge in [-0.3, -0.25) is 9.78 Å². The van der Waals surface area contributed by atoms with E-state index in [0.717, 1.165) is 25.7 Å². The highest BCUT2D eigenvalue weighted by atomic mass is 16.1. The fourth-order valence-corrected chi connectivity index (χ4v) is 2.12. The summed E-state index contributed by atoms with van der Waals surface area (Å²) < 4.78 is 0. The Labute approximate surface area is 101 Å². The Balaban J connectivity index is 1.87. The minimum absolute atomic E-state index is 0.119. The van der Waals surface area contributed by atoms with Crippen LogP contribution in [0.3, 0.4) is 0 Å². The number of carbonyl (C=O) groups is 1. The molecule has 1 heterocycles. The summed E-state index contributed by atoms with van der Waals surface area (Å²) in [5, 5.41) is 11.8. The van der Waals surface area contributed by atoms with E-state index in [1.54, 1.807) is 24.4 Å². The molecule has 2 rings (SSSR count). The molecule has 0 saturated heterocycles. The van der Waals surface area contributed by atoms with Gasteiger partial charge in [-0.05, 0) is 37.8 Å². The normalized spacial score (nSPS) is 23.7. The second-order valence-corrected chi connectivity index (χ2v) is 4.37. The number of hydrogen-bond donors (Lipinski definition) is 1. The van der Waals surface area contributed by atoms with Crippen LogP contribution in [0.15, 0.2) is 24.4 Å². The number of pyridine rings is 1. The van der Waals surface area contributed by atoms with Crippen molar-refractivity contribution < 1.29 is 4.79 Å². The van der Waals surface area contributed by atoms with Crippen molar-refractivity contribution in [1.82, 2.24) is 10.3 Å². The first-order valence-electron chi connectivity index (χ1n) is 5.91. The van der Waals surface area contributed by atoms with Crippen molar-refractivity contribution in [3.63, 3.8) is 0 Å². The summed E-state index contributed by atoms with van der Waals surface area (Å²) in [5.41, 5.74) is 0.454. The SMILES string of the molecule is N#CC1CCC(NC(=O)c2ccccn2)CC1. The van der Waals surface area contributed by atoms with E-state index in [9.17, 15) is 4.79 Å². The molecular formula is C13H15N3O. The van der Waals surface area contributed by atoms with Gasteiger partial charge in [-0.2, -0.15) is 5.26 Å². The molecule has 1 saturated carbocycles. The van der Waals surface area contributed by atoms with Gasteiger partial charge in [-0.15, -0.1) is 0 Å². The minimum Gasteiger partial charge on any atom is -0.348 e. The van der Waals surface area contributed by atoms with Gasteiger partial charge in [-0.25, -0.2) is 0 Å². The standard InChI is InChI=1S/C13H15N3O/c14-9-10-4-6-11(7-5-10)16-13(17)12-3-1-2-8-15-12/h1-3,8,10-11H,4-7H2,(H,16,17). The molecule has 1 aromatic heterocycles. The summed E-state index contributed by atoms with van der Waals surface area (Å²) in [5.74, 6) is 0.0454. The molecule has 88 valence electrons. The van der Waals surface area contributed by atoms with Crippen LogP contribution in [-0.4, -0.2) is 16.9 Å². The Morgan fingerprint density at radius 2 is 2.12 bits per heavy atom. The zero-order valence-electron chi connectivity index (χ0n) is 9.60. The van der Waals surface area contributed by atoms with E-state index in [0.29, 0.717) is 5.69 Å². The number of carbonyl (C=O) groups excluding carboxylic acids is 1. The third-order valence-electron chi connectivity index (χ3n) is 3.14. The fraction of sp³-hybridized carbons (Fsp3) is 0.462. The monoisotopic (exact) mass is 229 g/mol. The van der Waals surface area contributed by atoms with Gasteiger partial charge in [0.05, 0.1) is 6.07 Å². The smallest absolute Gasteiger partial charge is 0.270 e. The second kappa shape index (κ2) is 5.44. The van der Waals surface area contributed by atoms with Crippen molar-refractivity contribution in [2.45, 2.75) is 31.7 Å². The summed E-state index contributed by atoms with van der Waals surface area (Å²) in [4.78, 5) is 15.8. The predicted octanol–water partition coefficient (Wildman–Crippen LogP) is 1.89. The largest absolute Gasteiger partial charge is 0.348 e. The van der Waals surface area contributed by atoms with Crippen LogP contribution in [-0.2, 0) is 0 Å². The topological polar surface area (TPSA) is 65.8 Å². The van der Waals surface area contributed by atoms with Gasteiger partial charge in [0, 0.05) is 18.2 Å². The molecule has 1 fully saturated rings. The fourth-order valence-electron chi connectivity index (χ4n) is 2.12. The van der Waals surface area contributed by atoms with Crippen molar-refractivity contribution in [3.05, 3.63) is 30.1 Å². The zero-order valence-corrected chi connectivity index (χ0v) is 9.60. The second-order valence-electron chi connectivity index (χ2n) is 4.37. The van der Waals surface area contributed by atoms with Crippen LogP contribution in [0.5, 0.6) is 0 Å². The van der Waals surface area contributed by atoms with Crippen LogP contribution in [0.25, 0.3) is 0 Å². The minimum atomic E-state index is -0.119. The van der Waals surface area contributed by atoms with Crippen molar-refractivity contribution in [2.24, 2.45) is 5.92 Å². The lowest BCUT2D eigenvalue weighted by molar-refractivity contribution is 0.0920. The van der Waals surface area contributed by atoms with E-state index in [1.165, 1.54) is 0 Å². The van der Waals surface area contributed by atoms with E-state index in [4.69, 9.17) is 5.26 Å². The van der Waals surface area contributed by atoms with Gasteiger partial charge in [0.2, 0.25) is 0 Å². The van der Waals surface area contributed by atoms with Crippen molar-refractivity contribution in [1.29, 1.82) is 5.26 Å². The molecule has 0 spiro atoms. The molecule has 0 aromatic carbocycles. The van der Waals surface area contributed by atoms with Crippen molar-refractivity contribution >= 4 is 5.91 Å². The lowest BCUT2D eigenvalue weighted by Crippen LogP contribution is -2.37. The average molecular weight is 229 g/mol. The quantitative estimate of drug-likeness (QED) is 0.842. The van der Waals surface area contributed by atoms with Crippen molar-refractivity contribution in [3.8, 4) is 6.07 Å². The maximum Gasteiger partial charge on any atom is 0.270 e. The lowest BCUT2D eigenvalue weighted by atomic mass is 9.87. The van der Waals surface area contributed by atoms with Crippen LogP contribution in [0.1, 0.15) is 36.2 Å². The Kier molecular flexibility index (Phi) is 3.71. The van der Waals surface area contributed by atoms with Crippen LogP contribution in [0, 0.1) is 17.2 Å². The lowest BCUT2D eigenvalue weighted by Gasteiger charge is -2.25. The predicted molar refractivity (Wildman–Crippen MR) is 63.1 cm³/mol. The molecule has 1 aromatic rings. The third-order valence-corrected chi connectivity index (χ3v) is 3.14. The molecule has 1 amide bonds. The van der Waals surface area contributed by atoms with E-state index >= 15 is 0 Å². The molecule has 1 aliphatic rings. The Bertz CT molecular complexity index is 416. The summed E-state index contributed by atoms with van der Waals surface area (Å²) >= 11 is 0. The van der Waals surface area contributed by atoms with Gasteiger partial charge >= 0.3 is 0 Å². The number of rotatable bonds is 2. The summed E-state index contributed by atoms with van der Waals surface area (Å²) in [6.45, 7) is 0. The average Bonchev–Trinajstić information content (AvgIpc) is 2.40. The first kappa shape index (κ1) is 11.6. The maximum absolute atomic E-state index is 11.8. The third kappa shape index (κ3) is 3.04. The van der Waals surface area contributed by atoms with Crippen LogP contribution in [0.4, 0.5) is 0 Å². The molecule has 0 bridgehead atoms. The molecular weight excluding hydrogens is 214 g/mol. The highest BCUT2D eigenvalue weighted by molar-refractivity contribution is 5.92. The highest BCUT2D eigenvalue weighted by Crippen LogP contribution is 2.23. The summed E-state index contributed by atoms with van der Waals surface area (Å²) in [7, 11) is 0.